The Hall–Kier alpha value is -1.89. The molecule has 0 aromatic heterocycles. The number of rotatable bonds is 4. The number of hydrogen-bond donors (Lipinski definition) is 0. The van der Waals surface area contributed by atoms with Crippen LogP contribution in [0.5, 0.6) is 0 Å². The molecule has 7 heteroatoms. The van der Waals surface area contributed by atoms with Gasteiger partial charge in [-0.15, -0.1) is 0 Å². The van der Waals surface area contributed by atoms with Crippen LogP contribution in [0, 0.1) is 5.92 Å². The average molecular weight is 378 g/mol. The van der Waals surface area contributed by atoms with Crippen LogP contribution >= 0.6 is 0 Å². The highest BCUT2D eigenvalue weighted by Crippen LogP contribution is 2.25. The monoisotopic (exact) mass is 378 g/mol. The fourth-order valence-corrected chi connectivity index (χ4v) is 5.67. The third-order valence-corrected chi connectivity index (χ3v) is 7.18. The molecule has 3 rings (SSSR count). The summed E-state index contributed by atoms with van der Waals surface area (Å²) >= 11 is 0. The maximum Gasteiger partial charge on any atom is 0.253 e. The van der Waals surface area contributed by atoms with Crippen molar-refractivity contribution in [1.29, 1.82) is 0 Å². The van der Waals surface area contributed by atoms with Gasteiger partial charge in [-0.05, 0) is 38.3 Å². The zero-order valence-corrected chi connectivity index (χ0v) is 16.0. The van der Waals surface area contributed by atoms with E-state index in [9.17, 15) is 18.0 Å². The number of carbonyl (C=O) groups is 2. The van der Waals surface area contributed by atoms with E-state index in [2.05, 4.69) is 0 Å². The number of nitrogens with zero attached hydrogens (tertiary/aromatic N) is 2. The summed E-state index contributed by atoms with van der Waals surface area (Å²) in [5, 5.41) is 0. The van der Waals surface area contributed by atoms with Crippen molar-refractivity contribution in [2.24, 2.45) is 5.92 Å². The van der Waals surface area contributed by atoms with Crippen LogP contribution in [0.3, 0.4) is 0 Å². The quantitative estimate of drug-likeness (QED) is 0.797. The molecule has 0 spiro atoms. The molecule has 0 aliphatic carbocycles. The van der Waals surface area contributed by atoms with E-state index in [1.807, 2.05) is 25.1 Å². The van der Waals surface area contributed by atoms with Gasteiger partial charge in [-0.2, -0.15) is 0 Å². The van der Waals surface area contributed by atoms with Gasteiger partial charge in [0, 0.05) is 37.2 Å². The van der Waals surface area contributed by atoms with E-state index in [1.165, 1.54) is 0 Å². The average Bonchev–Trinajstić information content (AvgIpc) is 3.02. The lowest BCUT2D eigenvalue weighted by Crippen LogP contribution is -2.48. The maximum atomic E-state index is 12.9. The fraction of sp³-hybridized carbons (Fsp3) is 0.579. The number of piperidine rings is 1. The number of likely N-dealkylation sites (tertiary alicyclic amines) is 1. The third kappa shape index (κ3) is 4.09. The summed E-state index contributed by atoms with van der Waals surface area (Å²) < 4.78 is 23.5. The largest absolute Gasteiger partial charge is 0.339 e. The van der Waals surface area contributed by atoms with Gasteiger partial charge in [-0.1, -0.05) is 18.2 Å². The molecule has 1 atom stereocenters. The van der Waals surface area contributed by atoms with E-state index in [0.717, 1.165) is 0 Å². The predicted molar refractivity (Wildman–Crippen MR) is 99.5 cm³/mol. The van der Waals surface area contributed by atoms with Crippen LogP contribution in [0.15, 0.2) is 30.3 Å². The number of sulfone groups is 1. The van der Waals surface area contributed by atoms with Crippen LogP contribution in [0.25, 0.3) is 0 Å². The van der Waals surface area contributed by atoms with Crippen molar-refractivity contribution in [2.45, 2.75) is 32.2 Å². The summed E-state index contributed by atoms with van der Waals surface area (Å²) in [5.74, 6) is 0.175. The van der Waals surface area contributed by atoms with Crippen molar-refractivity contribution in [3.8, 4) is 0 Å². The Balaban J connectivity index is 1.58. The minimum Gasteiger partial charge on any atom is -0.339 e. The highest BCUT2D eigenvalue weighted by molar-refractivity contribution is 7.91. The second kappa shape index (κ2) is 7.78. The van der Waals surface area contributed by atoms with Gasteiger partial charge in [0.2, 0.25) is 5.91 Å². The van der Waals surface area contributed by atoms with Gasteiger partial charge in [0.1, 0.15) is 0 Å². The van der Waals surface area contributed by atoms with Crippen molar-refractivity contribution in [3.05, 3.63) is 35.9 Å². The first-order valence-corrected chi connectivity index (χ1v) is 11.1. The first-order chi connectivity index (χ1) is 12.4. The van der Waals surface area contributed by atoms with Crippen LogP contribution in [0.1, 0.15) is 36.5 Å². The van der Waals surface area contributed by atoms with Gasteiger partial charge >= 0.3 is 0 Å². The number of hydrogen-bond acceptors (Lipinski definition) is 4. The Morgan fingerprint density at radius 1 is 1.12 bits per heavy atom. The Bertz CT molecular complexity index is 755. The van der Waals surface area contributed by atoms with Gasteiger partial charge in [0.25, 0.3) is 5.91 Å². The molecular formula is C19H26N2O4S. The van der Waals surface area contributed by atoms with Crippen molar-refractivity contribution >= 4 is 21.7 Å². The maximum absolute atomic E-state index is 12.9. The summed E-state index contributed by atoms with van der Waals surface area (Å²) in [5.41, 5.74) is 0.670. The van der Waals surface area contributed by atoms with Gasteiger partial charge in [0.05, 0.1) is 11.5 Å². The molecule has 2 aliphatic rings. The van der Waals surface area contributed by atoms with Crippen LogP contribution in [-0.2, 0) is 14.6 Å². The van der Waals surface area contributed by atoms with E-state index >= 15 is 0 Å². The van der Waals surface area contributed by atoms with E-state index in [0.29, 0.717) is 44.5 Å². The standard InChI is InChI=1S/C19H26N2O4S/c1-2-21(17-10-13-26(24,25)14-17)19(23)16-8-11-20(12-9-16)18(22)15-6-4-3-5-7-15/h3-7,16-17H,2,8-14H2,1H3. The molecule has 2 amide bonds. The van der Waals surface area contributed by atoms with Crippen molar-refractivity contribution < 1.29 is 18.0 Å². The molecule has 142 valence electrons. The van der Waals surface area contributed by atoms with Gasteiger partial charge < -0.3 is 9.80 Å². The minimum atomic E-state index is -3.01. The number of carbonyl (C=O) groups excluding carboxylic acids is 2. The smallest absolute Gasteiger partial charge is 0.253 e. The Labute approximate surface area is 155 Å². The molecule has 26 heavy (non-hydrogen) atoms. The van der Waals surface area contributed by atoms with Crippen molar-refractivity contribution in [2.75, 3.05) is 31.1 Å². The number of amides is 2. The van der Waals surface area contributed by atoms with Gasteiger partial charge in [-0.25, -0.2) is 8.42 Å². The lowest BCUT2D eigenvalue weighted by atomic mass is 9.94. The zero-order valence-electron chi connectivity index (χ0n) is 15.1. The molecule has 2 aliphatic heterocycles. The molecule has 0 N–H and O–H groups in total. The van der Waals surface area contributed by atoms with Crippen molar-refractivity contribution in [1.82, 2.24) is 9.80 Å². The van der Waals surface area contributed by atoms with Crippen LogP contribution in [0.4, 0.5) is 0 Å². The topological polar surface area (TPSA) is 74.8 Å². The fourth-order valence-electron chi connectivity index (χ4n) is 3.94. The molecular weight excluding hydrogens is 352 g/mol. The lowest BCUT2D eigenvalue weighted by Gasteiger charge is -2.36. The van der Waals surface area contributed by atoms with Crippen molar-refractivity contribution in [3.63, 3.8) is 0 Å². The second-order valence-electron chi connectivity index (χ2n) is 7.11. The molecule has 0 saturated carbocycles. The first-order valence-electron chi connectivity index (χ1n) is 9.26. The normalized spacial score (nSPS) is 23.0. The highest BCUT2D eigenvalue weighted by Gasteiger charge is 2.37. The Kier molecular flexibility index (Phi) is 5.65. The summed E-state index contributed by atoms with van der Waals surface area (Å²) in [6.07, 6.45) is 1.80. The lowest BCUT2D eigenvalue weighted by molar-refractivity contribution is -0.138. The minimum absolute atomic E-state index is 0.00531. The predicted octanol–water partition coefficient (Wildman–Crippen LogP) is 1.57. The van der Waals surface area contributed by atoms with Crippen LogP contribution in [0.2, 0.25) is 0 Å². The zero-order chi connectivity index (χ0) is 18.7. The van der Waals surface area contributed by atoms with Crippen LogP contribution in [-0.4, -0.2) is 67.2 Å². The summed E-state index contributed by atoms with van der Waals surface area (Å²) in [7, 11) is -3.01. The van der Waals surface area contributed by atoms with E-state index < -0.39 is 9.84 Å². The molecule has 2 heterocycles. The highest BCUT2D eigenvalue weighted by atomic mass is 32.2. The first kappa shape index (κ1) is 18.9. The van der Waals surface area contributed by atoms with Crippen LogP contribution < -0.4 is 0 Å². The Morgan fingerprint density at radius 2 is 1.77 bits per heavy atom. The second-order valence-corrected chi connectivity index (χ2v) is 9.34. The SMILES string of the molecule is CCN(C(=O)C1CCN(C(=O)c2ccccc2)CC1)C1CCS(=O)(=O)C1. The molecule has 0 radical (unpaired) electrons. The molecule has 1 aromatic rings. The molecule has 6 nitrogen and oxygen atoms in total. The molecule has 2 saturated heterocycles. The Morgan fingerprint density at radius 3 is 2.31 bits per heavy atom. The van der Waals surface area contributed by atoms with E-state index in [-0.39, 0.29) is 35.3 Å². The molecule has 1 unspecified atom stereocenters. The van der Waals surface area contributed by atoms with Gasteiger partial charge in [-0.3, -0.25) is 9.59 Å². The van der Waals surface area contributed by atoms with Gasteiger partial charge in [0.15, 0.2) is 9.84 Å². The summed E-state index contributed by atoms with van der Waals surface area (Å²) in [6.45, 7) is 3.55. The van der Waals surface area contributed by atoms with E-state index in [4.69, 9.17) is 0 Å². The summed E-state index contributed by atoms with van der Waals surface area (Å²) in [6, 6.07) is 8.99. The number of benzene rings is 1. The molecule has 1 aromatic carbocycles. The molecule has 2 fully saturated rings. The summed E-state index contributed by atoms with van der Waals surface area (Å²) in [4.78, 5) is 29.0. The van der Waals surface area contributed by atoms with E-state index in [1.54, 1.807) is 21.9 Å². The third-order valence-electron chi connectivity index (χ3n) is 5.43. The molecule has 0 bridgehead atoms.